The molecule has 34 heavy (non-hydrogen) atoms. The number of H-pyrrole nitrogens is 1. The fraction of sp³-hybridized carbons (Fsp3) is 0.304. The van der Waals surface area contributed by atoms with Crippen LogP contribution in [0, 0.1) is 6.92 Å². The Bertz CT molecular complexity index is 1370. The summed E-state index contributed by atoms with van der Waals surface area (Å²) in [6.45, 7) is 4.82. The van der Waals surface area contributed by atoms with Crippen LogP contribution in [0.5, 0.6) is 5.75 Å². The Balaban J connectivity index is 1.26. The molecule has 180 valence electrons. The largest absolute Gasteiger partial charge is 0.492 e. The van der Waals surface area contributed by atoms with E-state index in [1.165, 1.54) is 6.92 Å². The molecule has 0 amide bonds. The Morgan fingerprint density at radius 2 is 2.09 bits per heavy atom. The molecular weight excluding hydrogens is 458 g/mol. The van der Waals surface area contributed by atoms with Gasteiger partial charge >= 0.3 is 0 Å². The molecule has 0 spiro atoms. The first kappa shape index (κ1) is 23.7. The first-order chi connectivity index (χ1) is 16.4. The van der Waals surface area contributed by atoms with E-state index >= 15 is 0 Å². The van der Waals surface area contributed by atoms with Crippen molar-refractivity contribution >= 4 is 26.6 Å². The summed E-state index contributed by atoms with van der Waals surface area (Å²) < 4.78 is 38.1. The maximum Gasteiger partial charge on any atom is 0.267 e. The maximum atomic E-state index is 12.5. The number of anilines is 1. The van der Waals surface area contributed by atoms with E-state index in [-0.39, 0.29) is 17.2 Å². The van der Waals surface area contributed by atoms with Gasteiger partial charge in [0.15, 0.2) is 5.76 Å². The molecule has 11 heteroatoms. The highest BCUT2D eigenvalue weighted by Gasteiger charge is 2.21. The number of hydrogen-bond donors (Lipinski definition) is 4. The van der Waals surface area contributed by atoms with Crippen molar-refractivity contribution < 1.29 is 22.8 Å². The highest BCUT2D eigenvalue weighted by Crippen LogP contribution is 2.23. The molecule has 0 aliphatic carbocycles. The number of aromatic amines is 1. The van der Waals surface area contributed by atoms with Crippen molar-refractivity contribution in [2.24, 2.45) is 0 Å². The molecule has 10 nitrogen and oxygen atoms in total. The van der Waals surface area contributed by atoms with E-state index in [1.807, 2.05) is 18.2 Å². The Morgan fingerprint density at radius 1 is 1.24 bits per heavy atom. The SMILES string of the molecule is CCc1n[nH]c2cc(OCCNCC(O)c3cccc(NS(=O)(=O)c4cnoc4C)c3)ccc12. The summed E-state index contributed by atoms with van der Waals surface area (Å²) in [7, 11) is -3.83. The Kier molecular flexibility index (Phi) is 7.15. The monoisotopic (exact) mass is 485 g/mol. The Hall–Kier alpha value is -3.41. The maximum absolute atomic E-state index is 12.5. The number of sulfonamides is 1. The van der Waals surface area contributed by atoms with Crippen LogP contribution in [0.1, 0.15) is 30.0 Å². The number of rotatable bonds is 11. The van der Waals surface area contributed by atoms with Crippen LogP contribution in [0.4, 0.5) is 5.69 Å². The topological polar surface area (TPSA) is 142 Å². The van der Waals surface area contributed by atoms with E-state index in [0.29, 0.717) is 24.4 Å². The van der Waals surface area contributed by atoms with Gasteiger partial charge < -0.3 is 19.7 Å². The summed E-state index contributed by atoms with van der Waals surface area (Å²) in [5.41, 5.74) is 2.88. The molecule has 2 aromatic heterocycles. The molecule has 0 saturated carbocycles. The summed E-state index contributed by atoms with van der Waals surface area (Å²) in [5, 5.41) is 25.6. The van der Waals surface area contributed by atoms with Crippen LogP contribution in [0.15, 0.2) is 58.1 Å². The second-order valence-electron chi connectivity index (χ2n) is 7.78. The van der Waals surface area contributed by atoms with E-state index in [4.69, 9.17) is 9.26 Å². The van der Waals surface area contributed by atoms with Crippen molar-refractivity contribution in [1.82, 2.24) is 20.7 Å². The standard InChI is InChI=1S/C23H27N5O5S/c1-3-20-19-8-7-18(12-21(19)27-26-20)32-10-9-24-13-22(29)16-5-4-6-17(11-16)28-34(30,31)23-14-25-33-15(23)2/h4-8,11-12,14,22,24,28-29H,3,9-10,13H2,1-2H3,(H,26,27). The third kappa shape index (κ3) is 5.38. The van der Waals surface area contributed by atoms with Gasteiger partial charge in [0, 0.05) is 30.2 Å². The first-order valence-corrected chi connectivity index (χ1v) is 12.4. The molecule has 0 fully saturated rings. The molecule has 4 N–H and O–H groups in total. The average molecular weight is 486 g/mol. The predicted octanol–water partition coefficient (Wildman–Crippen LogP) is 2.92. The summed E-state index contributed by atoms with van der Waals surface area (Å²) in [4.78, 5) is -0.0300. The zero-order valence-corrected chi connectivity index (χ0v) is 19.7. The van der Waals surface area contributed by atoms with Crippen molar-refractivity contribution in [2.75, 3.05) is 24.4 Å². The second-order valence-corrected chi connectivity index (χ2v) is 9.43. The van der Waals surface area contributed by atoms with Crippen LogP contribution < -0.4 is 14.8 Å². The van der Waals surface area contributed by atoms with Crippen molar-refractivity contribution in [2.45, 2.75) is 31.3 Å². The number of aromatic nitrogens is 3. The zero-order valence-electron chi connectivity index (χ0n) is 18.9. The van der Waals surface area contributed by atoms with E-state index in [0.717, 1.165) is 35.0 Å². The number of ether oxygens (including phenoxy) is 1. The molecule has 4 aromatic rings. The van der Waals surface area contributed by atoms with Crippen molar-refractivity contribution in [3.8, 4) is 5.75 Å². The molecule has 0 saturated heterocycles. The summed E-state index contributed by atoms with van der Waals surface area (Å²) >= 11 is 0. The molecular formula is C23H27N5O5S. The van der Waals surface area contributed by atoms with Crippen LogP contribution in [0.3, 0.4) is 0 Å². The van der Waals surface area contributed by atoms with Gasteiger partial charge in [0.05, 0.1) is 23.5 Å². The molecule has 0 aliphatic heterocycles. The summed E-state index contributed by atoms with van der Waals surface area (Å²) in [5.74, 6) is 0.939. The average Bonchev–Trinajstić information content (AvgIpc) is 3.44. The lowest BCUT2D eigenvalue weighted by atomic mass is 10.1. The molecule has 1 atom stereocenters. The third-order valence-electron chi connectivity index (χ3n) is 5.35. The van der Waals surface area contributed by atoms with Crippen LogP contribution in [0.2, 0.25) is 0 Å². The molecule has 0 aliphatic rings. The number of hydrogen-bond acceptors (Lipinski definition) is 8. The number of fused-ring (bicyclic) bond motifs is 1. The highest BCUT2D eigenvalue weighted by molar-refractivity contribution is 7.92. The third-order valence-corrected chi connectivity index (χ3v) is 6.83. The van der Waals surface area contributed by atoms with E-state index in [2.05, 4.69) is 32.3 Å². The van der Waals surface area contributed by atoms with E-state index in [9.17, 15) is 13.5 Å². The number of aliphatic hydroxyl groups is 1. The van der Waals surface area contributed by atoms with Crippen LogP contribution in [0.25, 0.3) is 10.9 Å². The summed E-state index contributed by atoms with van der Waals surface area (Å²) in [6, 6.07) is 12.4. The smallest absolute Gasteiger partial charge is 0.267 e. The Morgan fingerprint density at radius 3 is 2.85 bits per heavy atom. The highest BCUT2D eigenvalue weighted by atomic mass is 32.2. The van der Waals surface area contributed by atoms with E-state index < -0.39 is 16.1 Å². The number of aliphatic hydroxyl groups excluding tert-OH is 1. The molecule has 2 heterocycles. The van der Waals surface area contributed by atoms with Gasteiger partial charge in [-0.25, -0.2) is 8.42 Å². The molecule has 0 bridgehead atoms. The van der Waals surface area contributed by atoms with Gasteiger partial charge in [-0.3, -0.25) is 9.82 Å². The van der Waals surface area contributed by atoms with Crippen LogP contribution >= 0.6 is 0 Å². The van der Waals surface area contributed by atoms with Crippen molar-refractivity contribution in [3.63, 3.8) is 0 Å². The lowest BCUT2D eigenvalue weighted by Gasteiger charge is -2.14. The van der Waals surface area contributed by atoms with Gasteiger partial charge in [-0.05, 0) is 43.2 Å². The lowest BCUT2D eigenvalue weighted by Crippen LogP contribution is -2.26. The van der Waals surface area contributed by atoms with Gasteiger partial charge in [-0.2, -0.15) is 5.10 Å². The molecule has 2 aromatic carbocycles. The van der Waals surface area contributed by atoms with Gasteiger partial charge in [-0.15, -0.1) is 0 Å². The minimum absolute atomic E-state index is 0.0300. The fourth-order valence-electron chi connectivity index (χ4n) is 3.58. The number of aryl methyl sites for hydroxylation is 2. The predicted molar refractivity (Wildman–Crippen MR) is 127 cm³/mol. The zero-order chi connectivity index (χ0) is 24.1. The second kappa shape index (κ2) is 10.2. The van der Waals surface area contributed by atoms with Gasteiger partial charge in [0.25, 0.3) is 10.0 Å². The lowest BCUT2D eigenvalue weighted by molar-refractivity contribution is 0.172. The quantitative estimate of drug-likeness (QED) is 0.238. The molecule has 0 radical (unpaired) electrons. The summed E-state index contributed by atoms with van der Waals surface area (Å²) in [6.07, 6.45) is 1.19. The first-order valence-electron chi connectivity index (χ1n) is 10.9. The minimum atomic E-state index is -3.83. The van der Waals surface area contributed by atoms with E-state index in [1.54, 1.807) is 24.3 Å². The van der Waals surface area contributed by atoms with Gasteiger partial charge in [-0.1, -0.05) is 24.2 Å². The fourth-order valence-corrected chi connectivity index (χ4v) is 4.72. The van der Waals surface area contributed by atoms with Gasteiger partial charge in [0.2, 0.25) is 0 Å². The van der Waals surface area contributed by atoms with Crippen molar-refractivity contribution in [3.05, 3.63) is 65.7 Å². The normalized spacial score (nSPS) is 12.7. The number of nitrogens with zero attached hydrogens (tertiary/aromatic N) is 2. The van der Waals surface area contributed by atoms with Gasteiger partial charge in [0.1, 0.15) is 17.3 Å². The van der Waals surface area contributed by atoms with Crippen LogP contribution in [-0.4, -0.2) is 48.6 Å². The minimum Gasteiger partial charge on any atom is -0.492 e. The van der Waals surface area contributed by atoms with Crippen molar-refractivity contribution in [1.29, 1.82) is 0 Å². The molecule has 1 unspecified atom stereocenters. The van der Waals surface area contributed by atoms with Crippen LogP contribution in [-0.2, 0) is 16.4 Å². The number of nitrogens with one attached hydrogen (secondary N) is 3. The Labute approximate surface area is 197 Å². The number of benzene rings is 2. The molecule has 4 rings (SSSR count).